The number of carbonyl (C=O) groups is 2. The van der Waals surface area contributed by atoms with E-state index in [2.05, 4.69) is 20.7 Å². The quantitative estimate of drug-likeness (QED) is 0.741. The van der Waals surface area contributed by atoms with Crippen LogP contribution in [-0.4, -0.2) is 37.7 Å². The van der Waals surface area contributed by atoms with Gasteiger partial charge in [-0.1, -0.05) is 6.92 Å². The summed E-state index contributed by atoms with van der Waals surface area (Å²) in [6.07, 6.45) is 3.21. The van der Waals surface area contributed by atoms with Gasteiger partial charge in [0.2, 0.25) is 5.91 Å². The molecule has 3 N–H and O–H groups in total. The average Bonchev–Trinajstić information content (AvgIpc) is 3.06. The van der Waals surface area contributed by atoms with Gasteiger partial charge in [-0.2, -0.15) is 5.10 Å². The number of hydrogen-bond acceptors (Lipinski definition) is 5. The number of nitrogens with zero attached hydrogens (tertiary/aromatic N) is 3. The molecule has 2 heterocycles. The van der Waals surface area contributed by atoms with Gasteiger partial charge in [0.1, 0.15) is 5.69 Å². The molecule has 0 fully saturated rings. The zero-order valence-corrected chi connectivity index (χ0v) is 14.7. The van der Waals surface area contributed by atoms with Crippen molar-refractivity contribution in [2.45, 2.75) is 39.8 Å². The van der Waals surface area contributed by atoms with Gasteiger partial charge in [0.25, 0.3) is 5.91 Å². The summed E-state index contributed by atoms with van der Waals surface area (Å²) in [7, 11) is 0. The molecule has 0 aliphatic carbocycles. The first-order valence-corrected chi connectivity index (χ1v) is 8.10. The summed E-state index contributed by atoms with van der Waals surface area (Å²) < 4.78 is 1.69. The van der Waals surface area contributed by atoms with Crippen molar-refractivity contribution in [2.75, 3.05) is 5.32 Å². The first-order valence-electron chi connectivity index (χ1n) is 8.10. The molecule has 2 aromatic rings. The largest absolute Gasteiger partial charge is 0.504 e. The van der Waals surface area contributed by atoms with E-state index in [4.69, 9.17) is 0 Å². The van der Waals surface area contributed by atoms with Gasteiger partial charge >= 0.3 is 0 Å². The fraction of sp³-hybridized carbons (Fsp3) is 0.412. The topological polar surface area (TPSA) is 109 Å². The van der Waals surface area contributed by atoms with Crippen LogP contribution in [0.1, 0.15) is 44.2 Å². The Morgan fingerprint density at radius 2 is 1.92 bits per heavy atom. The monoisotopic (exact) mass is 345 g/mol. The summed E-state index contributed by atoms with van der Waals surface area (Å²) >= 11 is 0. The molecule has 0 aromatic carbocycles. The molecule has 0 unspecified atom stereocenters. The molecule has 0 bridgehead atoms. The van der Waals surface area contributed by atoms with Crippen LogP contribution >= 0.6 is 0 Å². The third kappa shape index (κ3) is 4.56. The van der Waals surface area contributed by atoms with E-state index in [1.807, 2.05) is 13.8 Å². The molecular formula is C17H23N5O3. The Bertz CT molecular complexity index is 756. The smallest absolute Gasteiger partial charge is 0.272 e. The van der Waals surface area contributed by atoms with E-state index in [0.717, 1.165) is 0 Å². The standard InChI is InChI=1S/C17H23N5O3/c1-10(2)22-9-7-13(21-22)17(25)19-12(4)11(3)16(24)20-15-14(23)6-5-8-18-15/h5-12,23H,1-4H3,(H,19,25)(H,18,20,24)/t11-,12+/m0/s1. The van der Waals surface area contributed by atoms with Gasteiger partial charge < -0.3 is 15.7 Å². The second-order valence-corrected chi connectivity index (χ2v) is 6.19. The molecule has 0 saturated heterocycles. The molecule has 0 radical (unpaired) electrons. The van der Waals surface area contributed by atoms with Gasteiger partial charge in [-0.25, -0.2) is 4.98 Å². The van der Waals surface area contributed by atoms with Gasteiger partial charge in [-0.05, 0) is 39.0 Å². The zero-order chi connectivity index (χ0) is 18.6. The highest BCUT2D eigenvalue weighted by atomic mass is 16.3. The number of carbonyl (C=O) groups excluding carboxylic acids is 2. The second kappa shape index (κ2) is 7.78. The van der Waals surface area contributed by atoms with Crippen LogP contribution in [0.25, 0.3) is 0 Å². The maximum atomic E-state index is 12.3. The summed E-state index contributed by atoms with van der Waals surface area (Å²) in [5.74, 6) is -1.24. The number of nitrogens with one attached hydrogen (secondary N) is 2. The molecule has 0 aliphatic rings. The predicted molar refractivity (Wildman–Crippen MR) is 93.2 cm³/mol. The lowest BCUT2D eigenvalue weighted by molar-refractivity contribution is -0.120. The van der Waals surface area contributed by atoms with Gasteiger partial charge in [-0.15, -0.1) is 0 Å². The molecule has 0 aliphatic heterocycles. The summed E-state index contributed by atoms with van der Waals surface area (Å²) in [6, 6.07) is 4.37. The Hall–Kier alpha value is -2.90. The Balaban J connectivity index is 1.96. The molecule has 2 aromatic heterocycles. The molecule has 2 rings (SSSR count). The predicted octanol–water partition coefficient (Wildman–Crippen LogP) is 1.96. The van der Waals surface area contributed by atoms with E-state index in [0.29, 0.717) is 5.69 Å². The van der Waals surface area contributed by atoms with Crippen LogP contribution in [0.15, 0.2) is 30.6 Å². The SMILES string of the molecule is CC(C)n1ccc(C(=O)N[C@H](C)[C@H](C)C(=O)Nc2ncccc2O)n1. The number of rotatable bonds is 6. The normalized spacial score (nSPS) is 13.3. The van der Waals surface area contributed by atoms with E-state index in [-0.39, 0.29) is 29.4 Å². The number of pyridine rings is 1. The highest BCUT2D eigenvalue weighted by Crippen LogP contribution is 2.19. The molecule has 25 heavy (non-hydrogen) atoms. The van der Waals surface area contributed by atoms with Crippen LogP contribution in [0.5, 0.6) is 5.75 Å². The van der Waals surface area contributed by atoms with Crippen LogP contribution < -0.4 is 10.6 Å². The molecule has 2 atom stereocenters. The van der Waals surface area contributed by atoms with Crippen molar-refractivity contribution >= 4 is 17.6 Å². The minimum atomic E-state index is -0.530. The minimum absolute atomic E-state index is 0.0913. The van der Waals surface area contributed by atoms with Crippen molar-refractivity contribution in [3.05, 3.63) is 36.3 Å². The van der Waals surface area contributed by atoms with E-state index in [1.54, 1.807) is 36.9 Å². The van der Waals surface area contributed by atoms with Crippen LogP contribution in [0, 0.1) is 5.92 Å². The number of aromatic nitrogens is 3. The Labute approximate surface area is 146 Å². The van der Waals surface area contributed by atoms with Crippen molar-refractivity contribution in [3.8, 4) is 5.75 Å². The van der Waals surface area contributed by atoms with Crippen LogP contribution in [0.4, 0.5) is 5.82 Å². The lowest BCUT2D eigenvalue weighted by Crippen LogP contribution is -2.42. The summed E-state index contributed by atoms with van der Waals surface area (Å²) in [6.45, 7) is 7.36. The lowest BCUT2D eigenvalue weighted by atomic mass is 10.0. The molecule has 134 valence electrons. The fourth-order valence-corrected chi connectivity index (χ4v) is 2.10. The van der Waals surface area contributed by atoms with Gasteiger partial charge in [0, 0.05) is 24.5 Å². The number of aromatic hydroxyl groups is 1. The third-order valence-electron chi connectivity index (χ3n) is 3.92. The van der Waals surface area contributed by atoms with Crippen molar-refractivity contribution in [1.82, 2.24) is 20.1 Å². The Morgan fingerprint density at radius 1 is 1.20 bits per heavy atom. The summed E-state index contributed by atoms with van der Waals surface area (Å²) in [5, 5.41) is 19.2. The van der Waals surface area contributed by atoms with Crippen LogP contribution in [0.3, 0.4) is 0 Å². The number of hydrogen-bond donors (Lipinski definition) is 3. The Kier molecular flexibility index (Phi) is 5.74. The second-order valence-electron chi connectivity index (χ2n) is 6.19. The maximum Gasteiger partial charge on any atom is 0.272 e. The molecule has 2 amide bonds. The highest BCUT2D eigenvalue weighted by Gasteiger charge is 2.24. The summed E-state index contributed by atoms with van der Waals surface area (Å²) in [5.41, 5.74) is 0.301. The zero-order valence-electron chi connectivity index (χ0n) is 14.7. The van der Waals surface area contributed by atoms with E-state index in [9.17, 15) is 14.7 Å². The molecule has 0 spiro atoms. The highest BCUT2D eigenvalue weighted by molar-refractivity contribution is 5.95. The third-order valence-corrected chi connectivity index (χ3v) is 3.92. The average molecular weight is 345 g/mol. The van der Waals surface area contributed by atoms with Gasteiger partial charge in [0.05, 0.1) is 5.92 Å². The summed E-state index contributed by atoms with van der Waals surface area (Å²) in [4.78, 5) is 28.4. The first kappa shape index (κ1) is 18.4. The first-order chi connectivity index (χ1) is 11.8. The maximum absolute atomic E-state index is 12.3. The Morgan fingerprint density at radius 3 is 2.52 bits per heavy atom. The van der Waals surface area contributed by atoms with Crippen LogP contribution in [0.2, 0.25) is 0 Å². The van der Waals surface area contributed by atoms with Gasteiger partial charge in [-0.3, -0.25) is 14.3 Å². The number of anilines is 1. The van der Waals surface area contributed by atoms with Crippen molar-refractivity contribution in [3.63, 3.8) is 0 Å². The van der Waals surface area contributed by atoms with Crippen LogP contribution in [-0.2, 0) is 4.79 Å². The molecule has 0 saturated carbocycles. The molecule has 8 heteroatoms. The van der Waals surface area contributed by atoms with E-state index >= 15 is 0 Å². The van der Waals surface area contributed by atoms with Crippen molar-refractivity contribution < 1.29 is 14.7 Å². The van der Waals surface area contributed by atoms with Gasteiger partial charge in [0.15, 0.2) is 11.6 Å². The number of amides is 2. The fourth-order valence-electron chi connectivity index (χ4n) is 2.10. The molecule has 8 nitrogen and oxygen atoms in total. The lowest BCUT2D eigenvalue weighted by Gasteiger charge is -2.20. The van der Waals surface area contributed by atoms with E-state index in [1.165, 1.54) is 12.3 Å². The minimum Gasteiger partial charge on any atom is -0.504 e. The van der Waals surface area contributed by atoms with Crippen molar-refractivity contribution in [1.29, 1.82) is 0 Å². The van der Waals surface area contributed by atoms with E-state index < -0.39 is 12.0 Å². The molecular weight excluding hydrogens is 322 g/mol. The van der Waals surface area contributed by atoms with Crippen molar-refractivity contribution in [2.24, 2.45) is 5.92 Å².